The fourth-order valence-electron chi connectivity index (χ4n) is 2.43. The number of hydrogen-bond donors (Lipinski definition) is 1. The minimum Gasteiger partial charge on any atom is -0.489 e. The Morgan fingerprint density at radius 1 is 1.13 bits per heavy atom. The SMILES string of the molecule is CC(CNC1=NCCO1)c1ccc(OCc2ccccc2)cc1. The number of ether oxygens (including phenoxy) is 2. The molecular formula is C19H22N2O2. The fraction of sp³-hybridized carbons (Fsp3) is 0.316. The highest BCUT2D eigenvalue weighted by Crippen LogP contribution is 2.19. The second-order valence-electron chi connectivity index (χ2n) is 5.66. The molecule has 2 aromatic rings. The van der Waals surface area contributed by atoms with E-state index in [4.69, 9.17) is 9.47 Å². The topological polar surface area (TPSA) is 42.9 Å². The van der Waals surface area contributed by atoms with Gasteiger partial charge in [0.1, 0.15) is 19.0 Å². The maximum absolute atomic E-state index is 5.81. The molecule has 0 saturated carbocycles. The Labute approximate surface area is 137 Å². The Balaban J connectivity index is 1.49. The third kappa shape index (κ3) is 4.49. The van der Waals surface area contributed by atoms with E-state index in [9.17, 15) is 0 Å². The minimum absolute atomic E-state index is 0.380. The fourth-order valence-corrected chi connectivity index (χ4v) is 2.43. The van der Waals surface area contributed by atoms with E-state index in [2.05, 4.69) is 41.5 Å². The highest BCUT2D eigenvalue weighted by Gasteiger charge is 2.10. The van der Waals surface area contributed by atoms with Gasteiger partial charge in [-0.2, -0.15) is 0 Å². The van der Waals surface area contributed by atoms with Crippen molar-refractivity contribution in [2.75, 3.05) is 19.7 Å². The second-order valence-corrected chi connectivity index (χ2v) is 5.66. The van der Waals surface area contributed by atoms with Crippen molar-refractivity contribution in [2.24, 2.45) is 4.99 Å². The van der Waals surface area contributed by atoms with E-state index in [-0.39, 0.29) is 0 Å². The Bertz CT molecular complexity index is 638. The van der Waals surface area contributed by atoms with Crippen molar-refractivity contribution in [2.45, 2.75) is 19.4 Å². The van der Waals surface area contributed by atoms with Gasteiger partial charge in [0.05, 0.1) is 6.54 Å². The largest absolute Gasteiger partial charge is 0.489 e. The summed E-state index contributed by atoms with van der Waals surface area (Å²) in [7, 11) is 0. The number of hydrogen-bond acceptors (Lipinski definition) is 4. The number of rotatable bonds is 6. The first-order valence-electron chi connectivity index (χ1n) is 7.99. The van der Waals surface area contributed by atoms with E-state index in [0.717, 1.165) is 18.8 Å². The molecule has 1 aliphatic rings. The molecule has 1 heterocycles. The lowest BCUT2D eigenvalue weighted by Crippen LogP contribution is -2.27. The zero-order valence-corrected chi connectivity index (χ0v) is 13.4. The average Bonchev–Trinajstić information content (AvgIpc) is 3.13. The number of amidine groups is 1. The molecule has 0 spiro atoms. The van der Waals surface area contributed by atoms with Gasteiger partial charge < -0.3 is 14.8 Å². The Hall–Kier alpha value is -2.49. The molecule has 2 aromatic carbocycles. The summed E-state index contributed by atoms with van der Waals surface area (Å²) in [6, 6.07) is 19.1. The third-order valence-electron chi connectivity index (χ3n) is 3.84. The van der Waals surface area contributed by atoms with Crippen LogP contribution in [0.1, 0.15) is 24.0 Å². The molecular weight excluding hydrogens is 288 g/mol. The molecule has 1 unspecified atom stereocenters. The molecule has 0 fully saturated rings. The van der Waals surface area contributed by atoms with Crippen LogP contribution < -0.4 is 10.1 Å². The monoisotopic (exact) mass is 310 g/mol. The molecule has 3 rings (SSSR count). The van der Waals surface area contributed by atoms with Crippen molar-refractivity contribution in [3.63, 3.8) is 0 Å². The Morgan fingerprint density at radius 3 is 2.61 bits per heavy atom. The van der Waals surface area contributed by atoms with Gasteiger partial charge in [-0.1, -0.05) is 49.4 Å². The maximum Gasteiger partial charge on any atom is 0.284 e. The van der Waals surface area contributed by atoms with Gasteiger partial charge in [-0.3, -0.25) is 0 Å². The van der Waals surface area contributed by atoms with Crippen molar-refractivity contribution in [3.05, 3.63) is 65.7 Å². The lowest BCUT2D eigenvalue weighted by molar-refractivity contribution is 0.306. The van der Waals surface area contributed by atoms with Crippen molar-refractivity contribution < 1.29 is 9.47 Å². The van der Waals surface area contributed by atoms with Gasteiger partial charge in [-0.05, 0) is 29.2 Å². The molecule has 0 aliphatic carbocycles. The molecule has 0 amide bonds. The Morgan fingerprint density at radius 2 is 1.91 bits per heavy atom. The van der Waals surface area contributed by atoms with E-state index >= 15 is 0 Å². The van der Waals surface area contributed by atoms with Gasteiger partial charge in [-0.25, -0.2) is 4.99 Å². The molecule has 4 heteroatoms. The molecule has 1 N–H and O–H groups in total. The molecule has 4 nitrogen and oxygen atoms in total. The summed E-state index contributed by atoms with van der Waals surface area (Å²) in [4.78, 5) is 4.23. The summed E-state index contributed by atoms with van der Waals surface area (Å²) < 4.78 is 11.2. The molecule has 0 bridgehead atoms. The van der Waals surface area contributed by atoms with E-state index in [0.29, 0.717) is 25.2 Å². The summed E-state index contributed by atoms with van der Waals surface area (Å²) in [6.07, 6.45) is 0. The van der Waals surface area contributed by atoms with E-state index in [1.807, 2.05) is 30.3 Å². The lowest BCUT2D eigenvalue weighted by Gasteiger charge is -2.14. The van der Waals surface area contributed by atoms with Crippen LogP contribution in [0, 0.1) is 0 Å². The summed E-state index contributed by atoms with van der Waals surface area (Å²) in [5.74, 6) is 1.27. The van der Waals surface area contributed by atoms with Crippen LogP contribution in [0.5, 0.6) is 5.75 Å². The van der Waals surface area contributed by atoms with Crippen molar-refractivity contribution >= 4 is 6.02 Å². The van der Waals surface area contributed by atoms with Crippen LogP contribution in [0.3, 0.4) is 0 Å². The van der Waals surface area contributed by atoms with Gasteiger partial charge >= 0.3 is 0 Å². The number of nitrogens with one attached hydrogen (secondary N) is 1. The van der Waals surface area contributed by atoms with Crippen molar-refractivity contribution in [1.29, 1.82) is 0 Å². The van der Waals surface area contributed by atoms with Gasteiger partial charge in [0.25, 0.3) is 6.02 Å². The van der Waals surface area contributed by atoms with Crippen LogP contribution in [-0.4, -0.2) is 25.7 Å². The molecule has 0 aromatic heterocycles. The molecule has 1 aliphatic heterocycles. The van der Waals surface area contributed by atoms with Crippen LogP contribution in [-0.2, 0) is 11.3 Å². The average molecular weight is 310 g/mol. The van der Waals surface area contributed by atoms with Crippen LogP contribution in [0.25, 0.3) is 0 Å². The number of nitrogens with zero attached hydrogens (tertiary/aromatic N) is 1. The van der Waals surface area contributed by atoms with Crippen LogP contribution in [0.15, 0.2) is 59.6 Å². The predicted octanol–water partition coefficient (Wildman–Crippen LogP) is 3.34. The first-order chi connectivity index (χ1) is 11.3. The van der Waals surface area contributed by atoms with Gasteiger partial charge in [0.2, 0.25) is 0 Å². The standard InChI is InChI=1S/C19H22N2O2/c1-15(13-21-19-20-11-12-22-19)17-7-9-18(10-8-17)23-14-16-5-3-2-4-6-16/h2-10,15H,11-14H2,1H3,(H,20,21). The van der Waals surface area contributed by atoms with E-state index < -0.39 is 0 Å². The molecule has 0 radical (unpaired) electrons. The van der Waals surface area contributed by atoms with E-state index in [1.54, 1.807) is 0 Å². The zero-order chi connectivity index (χ0) is 15.9. The summed E-state index contributed by atoms with van der Waals surface area (Å²) in [5, 5.41) is 3.24. The normalized spacial score (nSPS) is 14.7. The number of benzene rings is 2. The highest BCUT2D eigenvalue weighted by atomic mass is 16.5. The number of aliphatic imine (C=N–C) groups is 1. The lowest BCUT2D eigenvalue weighted by atomic mass is 10.0. The molecule has 1 atom stereocenters. The van der Waals surface area contributed by atoms with E-state index in [1.165, 1.54) is 11.1 Å². The highest BCUT2D eigenvalue weighted by molar-refractivity contribution is 5.74. The van der Waals surface area contributed by atoms with Crippen molar-refractivity contribution in [1.82, 2.24) is 5.32 Å². The quantitative estimate of drug-likeness (QED) is 0.890. The van der Waals surface area contributed by atoms with Crippen LogP contribution in [0.4, 0.5) is 0 Å². The molecule has 0 saturated heterocycles. The van der Waals surface area contributed by atoms with Gasteiger partial charge in [-0.15, -0.1) is 0 Å². The zero-order valence-electron chi connectivity index (χ0n) is 13.4. The van der Waals surface area contributed by atoms with Gasteiger partial charge in [0, 0.05) is 6.54 Å². The summed E-state index contributed by atoms with van der Waals surface area (Å²) in [6.45, 7) is 5.02. The third-order valence-corrected chi connectivity index (χ3v) is 3.84. The summed E-state index contributed by atoms with van der Waals surface area (Å²) in [5.41, 5.74) is 2.44. The predicted molar refractivity (Wildman–Crippen MR) is 91.9 cm³/mol. The first-order valence-corrected chi connectivity index (χ1v) is 7.99. The molecule has 23 heavy (non-hydrogen) atoms. The van der Waals surface area contributed by atoms with Crippen LogP contribution >= 0.6 is 0 Å². The minimum atomic E-state index is 0.380. The van der Waals surface area contributed by atoms with Crippen LogP contribution in [0.2, 0.25) is 0 Å². The first kappa shape index (κ1) is 15.4. The maximum atomic E-state index is 5.81. The Kier molecular flexibility index (Phi) is 5.14. The smallest absolute Gasteiger partial charge is 0.284 e. The van der Waals surface area contributed by atoms with Crippen molar-refractivity contribution in [3.8, 4) is 5.75 Å². The summed E-state index contributed by atoms with van der Waals surface area (Å²) >= 11 is 0. The second kappa shape index (κ2) is 7.68. The molecule has 120 valence electrons. The van der Waals surface area contributed by atoms with Gasteiger partial charge in [0.15, 0.2) is 0 Å².